The van der Waals surface area contributed by atoms with Gasteiger partial charge < -0.3 is 4.74 Å². The molecule has 1 aliphatic heterocycles. The standard InChI is InChI=1S/C24H28FN3O4S2/c1-17-4-5-18(2)23-22(17)26-24(33-23)28(11-3-10-27-12-14-32-15-13-27)21(29)16-34(30,31)20-8-6-19(25)7-9-20/h4-9H,3,10-16H2,1-2H3. The number of nitrogens with zero attached hydrogens (tertiary/aromatic N) is 3. The molecule has 1 saturated heterocycles. The molecule has 0 unspecified atom stereocenters. The number of ether oxygens (including phenoxy) is 1. The number of sulfone groups is 1. The van der Waals surface area contributed by atoms with Crippen LogP contribution in [0.25, 0.3) is 10.2 Å². The van der Waals surface area contributed by atoms with Crippen molar-refractivity contribution >= 4 is 42.4 Å². The first-order valence-electron chi connectivity index (χ1n) is 11.2. The first-order valence-corrected chi connectivity index (χ1v) is 13.7. The summed E-state index contributed by atoms with van der Waals surface area (Å²) in [5.74, 6) is -1.78. The van der Waals surface area contributed by atoms with Crippen LogP contribution in [0.2, 0.25) is 0 Å². The number of aromatic nitrogens is 1. The zero-order valence-electron chi connectivity index (χ0n) is 19.3. The molecule has 0 spiro atoms. The number of carbonyl (C=O) groups excluding carboxylic acids is 1. The van der Waals surface area contributed by atoms with Crippen molar-refractivity contribution < 1.29 is 22.3 Å². The van der Waals surface area contributed by atoms with Crippen LogP contribution in [0.15, 0.2) is 41.3 Å². The Balaban J connectivity index is 1.58. The molecule has 0 N–H and O–H groups in total. The van der Waals surface area contributed by atoms with Crippen LogP contribution < -0.4 is 4.90 Å². The minimum Gasteiger partial charge on any atom is -0.379 e. The van der Waals surface area contributed by atoms with E-state index in [-0.39, 0.29) is 4.90 Å². The fourth-order valence-electron chi connectivity index (χ4n) is 3.93. The van der Waals surface area contributed by atoms with Crippen LogP contribution in [-0.2, 0) is 19.4 Å². The molecule has 3 aromatic rings. The van der Waals surface area contributed by atoms with E-state index in [2.05, 4.69) is 4.90 Å². The lowest BCUT2D eigenvalue weighted by Gasteiger charge is -2.27. The summed E-state index contributed by atoms with van der Waals surface area (Å²) in [7, 11) is -3.93. The van der Waals surface area contributed by atoms with Gasteiger partial charge in [0, 0.05) is 26.2 Å². The summed E-state index contributed by atoms with van der Waals surface area (Å²) >= 11 is 1.40. The number of halogens is 1. The van der Waals surface area contributed by atoms with E-state index in [1.165, 1.54) is 28.4 Å². The Morgan fingerprint density at radius 3 is 2.47 bits per heavy atom. The third kappa shape index (κ3) is 5.63. The van der Waals surface area contributed by atoms with Crippen LogP contribution in [0.5, 0.6) is 0 Å². The molecule has 2 aromatic carbocycles. The fraction of sp³-hybridized carbons (Fsp3) is 0.417. The molecule has 7 nitrogen and oxygen atoms in total. The van der Waals surface area contributed by atoms with Gasteiger partial charge in [0.15, 0.2) is 15.0 Å². The summed E-state index contributed by atoms with van der Waals surface area (Å²) in [5, 5.41) is 0.494. The van der Waals surface area contributed by atoms with E-state index in [4.69, 9.17) is 9.72 Å². The van der Waals surface area contributed by atoms with E-state index in [0.29, 0.717) is 31.3 Å². The van der Waals surface area contributed by atoms with Crippen molar-refractivity contribution in [2.75, 3.05) is 50.0 Å². The Morgan fingerprint density at radius 1 is 1.12 bits per heavy atom. The van der Waals surface area contributed by atoms with E-state index < -0.39 is 27.3 Å². The molecule has 0 bridgehead atoms. The third-order valence-electron chi connectivity index (χ3n) is 5.91. The SMILES string of the molecule is Cc1ccc(C)c2sc(N(CCCN3CCOCC3)C(=O)CS(=O)(=O)c3ccc(F)cc3)nc12. The molecule has 1 aliphatic rings. The second-order valence-corrected chi connectivity index (χ2v) is 11.4. The van der Waals surface area contributed by atoms with Gasteiger partial charge in [0.2, 0.25) is 5.91 Å². The number of aryl methyl sites for hydroxylation is 2. The number of hydrogen-bond donors (Lipinski definition) is 0. The molecule has 182 valence electrons. The summed E-state index contributed by atoms with van der Waals surface area (Å²) in [6, 6.07) is 8.54. The van der Waals surface area contributed by atoms with E-state index in [1.807, 2.05) is 26.0 Å². The number of benzene rings is 2. The molecule has 1 amide bonds. The van der Waals surface area contributed by atoms with Gasteiger partial charge in [-0.2, -0.15) is 0 Å². The zero-order chi connectivity index (χ0) is 24.3. The van der Waals surface area contributed by atoms with Gasteiger partial charge in [-0.25, -0.2) is 17.8 Å². The maximum Gasteiger partial charge on any atom is 0.244 e. The minimum absolute atomic E-state index is 0.0773. The molecule has 0 saturated carbocycles. The van der Waals surface area contributed by atoms with Crippen molar-refractivity contribution in [1.29, 1.82) is 0 Å². The molecular weight excluding hydrogens is 477 g/mol. The molecular formula is C24H28FN3O4S2. The van der Waals surface area contributed by atoms with Crippen molar-refractivity contribution in [2.24, 2.45) is 0 Å². The number of carbonyl (C=O) groups is 1. The lowest BCUT2D eigenvalue weighted by Crippen LogP contribution is -2.40. The highest BCUT2D eigenvalue weighted by molar-refractivity contribution is 7.92. The van der Waals surface area contributed by atoms with Gasteiger partial charge in [-0.15, -0.1) is 0 Å². The summed E-state index contributed by atoms with van der Waals surface area (Å²) in [5.41, 5.74) is 2.89. The van der Waals surface area contributed by atoms with Crippen molar-refractivity contribution in [3.05, 3.63) is 53.3 Å². The number of rotatable bonds is 8. The van der Waals surface area contributed by atoms with Crippen molar-refractivity contribution in [3.8, 4) is 0 Å². The zero-order valence-corrected chi connectivity index (χ0v) is 20.9. The Hall–Kier alpha value is -2.40. The van der Waals surface area contributed by atoms with Gasteiger partial charge in [-0.3, -0.25) is 14.6 Å². The number of morpholine rings is 1. The third-order valence-corrected chi connectivity index (χ3v) is 8.74. The Bertz CT molecular complexity index is 1230. The van der Waals surface area contributed by atoms with Gasteiger partial charge in [-0.1, -0.05) is 23.5 Å². The van der Waals surface area contributed by atoms with Crippen LogP contribution in [-0.4, -0.2) is 69.4 Å². The quantitative estimate of drug-likeness (QED) is 0.436. The number of thiazole rings is 1. The average Bonchev–Trinajstić information content (AvgIpc) is 3.26. The lowest BCUT2D eigenvalue weighted by molar-refractivity contribution is -0.116. The highest BCUT2D eigenvalue weighted by Gasteiger charge is 2.27. The number of hydrogen-bond acceptors (Lipinski definition) is 7. The largest absolute Gasteiger partial charge is 0.379 e. The first-order chi connectivity index (χ1) is 16.2. The first kappa shape index (κ1) is 24.7. The molecule has 10 heteroatoms. The van der Waals surface area contributed by atoms with E-state index in [0.717, 1.165) is 53.1 Å². The predicted octanol–water partition coefficient (Wildman–Crippen LogP) is 3.58. The van der Waals surface area contributed by atoms with Crippen LogP contribution >= 0.6 is 11.3 Å². The summed E-state index contributed by atoms with van der Waals surface area (Å²) in [6.45, 7) is 8.15. The smallest absolute Gasteiger partial charge is 0.244 e. The van der Waals surface area contributed by atoms with Gasteiger partial charge in [-0.05, 0) is 55.7 Å². The molecule has 0 atom stereocenters. The molecule has 1 fully saturated rings. The van der Waals surface area contributed by atoms with Crippen molar-refractivity contribution in [1.82, 2.24) is 9.88 Å². The summed E-state index contributed by atoms with van der Waals surface area (Å²) in [4.78, 5) is 21.7. The Labute approximate surface area is 203 Å². The van der Waals surface area contributed by atoms with Crippen LogP contribution in [0.3, 0.4) is 0 Å². The van der Waals surface area contributed by atoms with Crippen LogP contribution in [0.1, 0.15) is 17.5 Å². The van der Waals surface area contributed by atoms with Gasteiger partial charge >= 0.3 is 0 Å². The molecule has 4 rings (SSSR count). The monoisotopic (exact) mass is 505 g/mol. The Kier molecular flexibility index (Phi) is 7.61. The molecule has 0 aliphatic carbocycles. The predicted molar refractivity (Wildman–Crippen MR) is 132 cm³/mol. The summed E-state index contributed by atoms with van der Waals surface area (Å²) < 4.78 is 45.4. The van der Waals surface area contributed by atoms with Gasteiger partial charge in [0.1, 0.15) is 11.6 Å². The topological polar surface area (TPSA) is 79.8 Å². The molecule has 2 heterocycles. The number of fused-ring (bicyclic) bond motifs is 1. The van der Waals surface area contributed by atoms with Gasteiger partial charge in [0.05, 0.1) is 28.3 Å². The normalized spacial score (nSPS) is 15.0. The minimum atomic E-state index is -3.93. The summed E-state index contributed by atoms with van der Waals surface area (Å²) in [6.07, 6.45) is 0.677. The number of amides is 1. The molecule has 1 aromatic heterocycles. The molecule has 0 radical (unpaired) electrons. The van der Waals surface area contributed by atoms with E-state index in [1.54, 1.807) is 0 Å². The van der Waals surface area contributed by atoms with E-state index >= 15 is 0 Å². The second-order valence-electron chi connectivity index (χ2n) is 8.44. The Morgan fingerprint density at radius 2 is 1.79 bits per heavy atom. The maximum atomic E-state index is 13.3. The van der Waals surface area contributed by atoms with Crippen molar-refractivity contribution in [3.63, 3.8) is 0 Å². The fourth-order valence-corrected chi connectivity index (χ4v) is 6.29. The molecule has 34 heavy (non-hydrogen) atoms. The van der Waals surface area contributed by atoms with Crippen LogP contribution in [0.4, 0.5) is 9.52 Å². The lowest BCUT2D eigenvalue weighted by atomic mass is 10.1. The highest BCUT2D eigenvalue weighted by atomic mass is 32.2. The average molecular weight is 506 g/mol. The highest BCUT2D eigenvalue weighted by Crippen LogP contribution is 2.33. The van der Waals surface area contributed by atoms with Gasteiger partial charge in [0.25, 0.3) is 0 Å². The number of anilines is 1. The van der Waals surface area contributed by atoms with Crippen LogP contribution in [0, 0.1) is 19.7 Å². The second kappa shape index (κ2) is 10.5. The van der Waals surface area contributed by atoms with Crippen molar-refractivity contribution in [2.45, 2.75) is 25.2 Å². The maximum absolute atomic E-state index is 13.3. The van der Waals surface area contributed by atoms with E-state index in [9.17, 15) is 17.6 Å².